The molecule has 5 nitrogen and oxygen atoms in total. The number of hydrogen-bond donors (Lipinski definition) is 1. The third-order valence-electron chi connectivity index (χ3n) is 4.31. The van der Waals surface area contributed by atoms with Gasteiger partial charge in [-0.05, 0) is 61.2 Å². The minimum atomic E-state index is -3.71. The summed E-state index contributed by atoms with van der Waals surface area (Å²) in [7, 11) is -3.71. The van der Waals surface area contributed by atoms with Gasteiger partial charge in [0.25, 0.3) is 0 Å². The van der Waals surface area contributed by atoms with Gasteiger partial charge in [0.2, 0.25) is 10.0 Å². The summed E-state index contributed by atoms with van der Waals surface area (Å²) in [4.78, 5) is 0.0928. The van der Waals surface area contributed by atoms with Crippen LogP contribution in [0.4, 0.5) is 0 Å². The van der Waals surface area contributed by atoms with Crippen molar-refractivity contribution in [3.8, 4) is 16.9 Å². The van der Waals surface area contributed by atoms with E-state index in [1.807, 2.05) is 28.9 Å². The Kier molecular flexibility index (Phi) is 5.83. The standard InChI is InChI=1S/C20H22BrN3O2S/c1-14(2)3-8-18-13-20(15-4-6-16(21)7-5-15)23-24(18)17-9-11-19(12-10-17)27(22,25)26/h4-7,9-14H,3,8H2,1-2H3,(H2,22,25,26). The van der Waals surface area contributed by atoms with Crippen molar-refractivity contribution >= 4 is 26.0 Å². The number of aromatic nitrogens is 2. The second kappa shape index (κ2) is 7.96. The van der Waals surface area contributed by atoms with Crippen molar-refractivity contribution in [2.75, 3.05) is 0 Å². The fraction of sp³-hybridized carbons (Fsp3) is 0.250. The van der Waals surface area contributed by atoms with Gasteiger partial charge in [0.05, 0.1) is 16.3 Å². The number of halogens is 1. The summed E-state index contributed by atoms with van der Waals surface area (Å²) in [5.41, 5.74) is 3.81. The lowest BCUT2D eigenvalue weighted by atomic mass is 10.1. The van der Waals surface area contributed by atoms with Crippen molar-refractivity contribution < 1.29 is 8.42 Å². The molecule has 1 heterocycles. The van der Waals surface area contributed by atoms with Crippen LogP contribution in [-0.4, -0.2) is 18.2 Å². The monoisotopic (exact) mass is 447 g/mol. The van der Waals surface area contributed by atoms with Gasteiger partial charge >= 0.3 is 0 Å². The number of rotatable bonds is 6. The molecule has 0 fully saturated rings. The lowest BCUT2D eigenvalue weighted by molar-refractivity contribution is 0.573. The summed E-state index contributed by atoms with van der Waals surface area (Å²) in [6.45, 7) is 4.38. The summed E-state index contributed by atoms with van der Waals surface area (Å²) in [5.74, 6) is 0.578. The van der Waals surface area contributed by atoms with Crippen LogP contribution in [0.5, 0.6) is 0 Å². The van der Waals surface area contributed by atoms with Gasteiger partial charge in [-0.25, -0.2) is 18.2 Å². The third kappa shape index (κ3) is 4.86. The predicted octanol–water partition coefficient (Wildman–Crippen LogP) is 4.54. The average molecular weight is 448 g/mol. The van der Waals surface area contributed by atoms with Crippen molar-refractivity contribution in [3.05, 3.63) is 64.8 Å². The quantitative estimate of drug-likeness (QED) is 0.602. The van der Waals surface area contributed by atoms with Gasteiger partial charge < -0.3 is 0 Å². The molecule has 0 radical (unpaired) electrons. The smallest absolute Gasteiger partial charge is 0.237 e. The SMILES string of the molecule is CC(C)CCc1cc(-c2ccc(Br)cc2)nn1-c1ccc(S(N)(=O)=O)cc1. The normalized spacial score (nSPS) is 11.9. The highest BCUT2D eigenvalue weighted by molar-refractivity contribution is 9.10. The van der Waals surface area contributed by atoms with E-state index in [9.17, 15) is 8.42 Å². The first kappa shape index (κ1) is 19.8. The van der Waals surface area contributed by atoms with Crippen molar-refractivity contribution in [2.45, 2.75) is 31.6 Å². The van der Waals surface area contributed by atoms with Gasteiger partial charge in [0, 0.05) is 15.7 Å². The van der Waals surface area contributed by atoms with Crippen LogP contribution in [0.3, 0.4) is 0 Å². The summed E-state index contributed by atoms with van der Waals surface area (Å²) < 4.78 is 25.9. The summed E-state index contributed by atoms with van der Waals surface area (Å²) in [6.07, 6.45) is 1.93. The zero-order valence-electron chi connectivity index (χ0n) is 15.3. The first-order valence-corrected chi connectivity index (χ1v) is 11.1. The first-order chi connectivity index (χ1) is 12.7. The molecule has 0 spiro atoms. The van der Waals surface area contributed by atoms with Crippen LogP contribution in [0.2, 0.25) is 0 Å². The molecular formula is C20H22BrN3O2S. The Morgan fingerprint density at radius 1 is 1.07 bits per heavy atom. The molecule has 2 N–H and O–H groups in total. The molecule has 27 heavy (non-hydrogen) atoms. The van der Waals surface area contributed by atoms with Crippen molar-refractivity contribution in [1.29, 1.82) is 0 Å². The predicted molar refractivity (Wildman–Crippen MR) is 111 cm³/mol. The Labute approximate surface area is 168 Å². The molecular weight excluding hydrogens is 426 g/mol. The first-order valence-electron chi connectivity index (χ1n) is 8.72. The van der Waals surface area contributed by atoms with E-state index in [0.29, 0.717) is 5.92 Å². The van der Waals surface area contributed by atoms with Crippen LogP contribution >= 0.6 is 15.9 Å². The number of hydrogen-bond acceptors (Lipinski definition) is 3. The maximum absolute atomic E-state index is 11.5. The van der Waals surface area contributed by atoms with Gasteiger partial charge in [-0.1, -0.05) is 41.9 Å². The molecule has 0 aliphatic carbocycles. The van der Waals surface area contributed by atoms with Crippen LogP contribution in [-0.2, 0) is 16.4 Å². The Morgan fingerprint density at radius 2 is 1.70 bits per heavy atom. The van der Waals surface area contributed by atoms with Crippen molar-refractivity contribution in [3.63, 3.8) is 0 Å². The van der Waals surface area contributed by atoms with E-state index in [1.54, 1.807) is 12.1 Å². The molecule has 7 heteroatoms. The highest BCUT2D eigenvalue weighted by Crippen LogP contribution is 2.25. The Morgan fingerprint density at radius 3 is 2.26 bits per heavy atom. The van der Waals surface area contributed by atoms with Crippen LogP contribution in [0.15, 0.2) is 64.0 Å². The summed E-state index contributed by atoms with van der Waals surface area (Å²) in [6, 6.07) is 16.6. The van der Waals surface area contributed by atoms with Crippen LogP contribution in [0, 0.1) is 5.92 Å². The number of benzene rings is 2. The molecule has 142 valence electrons. The van der Waals surface area contributed by atoms with E-state index in [4.69, 9.17) is 10.2 Å². The molecule has 0 bridgehead atoms. The van der Waals surface area contributed by atoms with Gasteiger partial charge in [0.15, 0.2) is 0 Å². The van der Waals surface area contributed by atoms with E-state index in [1.165, 1.54) is 12.1 Å². The molecule has 0 amide bonds. The number of nitrogens with zero attached hydrogens (tertiary/aromatic N) is 2. The number of primary sulfonamides is 1. The zero-order chi connectivity index (χ0) is 19.6. The Hall–Kier alpha value is -1.96. The molecule has 3 aromatic rings. The van der Waals surface area contributed by atoms with E-state index in [2.05, 4.69) is 35.8 Å². The van der Waals surface area contributed by atoms with Crippen LogP contribution in [0.25, 0.3) is 16.9 Å². The summed E-state index contributed by atoms with van der Waals surface area (Å²) >= 11 is 3.45. The van der Waals surface area contributed by atoms with E-state index in [-0.39, 0.29) is 4.90 Å². The highest BCUT2D eigenvalue weighted by Gasteiger charge is 2.13. The molecule has 0 atom stereocenters. The maximum atomic E-state index is 11.5. The second-order valence-electron chi connectivity index (χ2n) is 6.91. The van der Waals surface area contributed by atoms with Gasteiger partial charge in [0.1, 0.15) is 0 Å². The van der Waals surface area contributed by atoms with Gasteiger partial charge in [-0.3, -0.25) is 0 Å². The molecule has 0 saturated heterocycles. The maximum Gasteiger partial charge on any atom is 0.238 e. The van der Waals surface area contributed by atoms with Crippen molar-refractivity contribution in [2.24, 2.45) is 11.1 Å². The molecule has 0 aliphatic rings. The zero-order valence-corrected chi connectivity index (χ0v) is 17.7. The highest BCUT2D eigenvalue weighted by atomic mass is 79.9. The minimum Gasteiger partial charge on any atom is -0.237 e. The fourth-order valence-electron chi connectivity index (χ4n) is 2.80. The molecule has 2 aromatic carbocycles. The summed E-state index contributed by atoms with van der Waals surface area (Å²) in [5, 5.41) is 9.97. The Bertz CT molecular complexity index is 1020. The lowest BCUT2D eigenvalue weighted by Gasteiger charge is -2.09. The Balaban J connectivity index is 2.02. The second-order valence-corrected chi connectivity index (χ2v) is 9.39. The van der Waals surface area contributed by atoms with Crippen LogP contribution < -0.4 is 5.14 Å². The lowest BCUT2D eigenvalue weighted by Crippen LogP contribution is -2.12. The van der Waals surface area contributed by atoms with Gasteiger partial charge in [-0.15, -0.1) is 0 Å². The molecule has 0 saturated carbocycles. The van der Waals surface area contributed by atoms with E-state index in [0.717, 1.165) is 40.0 Å². The molecule has 0 unspecified atom stereocenters. The topological polar surface area (TPSA) is 78.0 Å². The minimum absolute atomic E-state index is 0.0928. The number of sulfonamides is 1. The van der Waals surface area contributed by atoms with Gasteiger partial charge in [-0.2, -0.15) is 5.10 Å². The van der Waals surface area contributed by atoms with Crippen LogP contribution in [0.1, 0.15) is 26.0 Å². The average Bonchev–Trinajstić information content (AvgIpc) is 3.04. The van der Waals surface area contributed by atoms with E-state index >= 15 is 0 Å². The molecule has 1 aromatic heterocycles. The number of nitrogens with two attached hydrogens (primary N) is 1. The molecule has 3 rings (SSSR count). The number of aryl methyl sites for hydroxylation is 1. The molecule has 0 aliphatic heterocycles. The van der Waals surface area contributed by atoms with Crippen molar-refractivity contribution in [1.82, 2.24) is 9.78 Å². The third-order valence-corrected chi connectivity index (χ3v) is 5.77. The fourth-order valence-corrected chi connectivity index (χ4v) is 3.58. The largest absolute Gasteiger partial charge is 0.238 e. The van der Waals surface area contributed by atoms with E-state index < -0.39 is 10.0 Å².